The fraction of sp³-hybridized carbons (Fsp3) is 0.526. The van der Waals surface area contributed by atoms with E-state index in [1.54, 1.807) is 31.4 Å². The first-order chi connectivity index (χ1) is 12.5. The van der Waals surface area contributed by atoms with E-state index in [4.69, 9.17) is 9.47 Å². The van der Waals surface area contributed by atoms with Gasteiger partial charge in [-0.05, 0) is 37.5 Å². The molecule has 0 bridgehead atoms. The minimum atomic E-state index is -1.07. The molecule has 1 aromatic rings. The number of urea groups is 1. The maximum Gasteiger partial charge on any atom is 0.338 e. The third-order valence-electron chi connectivity index (χ3n) is 4.33. The number of carbonyl (C=O) groups is 3. The van der Waals surface area contributed by atoms with Gasteiger partial charge in [0.25, 0.3) is 5.91 Å². The Morgan fingerprint density at radius 3 is 2.38 bits per heavy atom. The third kappa shape index (κ3) is 6.15. The van der Waals surface area contributed by atoms with Gasteiger partial charge in [0.15, 0.2) is 6.10 Å². The van der Waals surface area contributed by atoms with E-state index in [0.29, 0.717) is 12.2 Å². The topological polar surface area (TPSA) is 93.7 Å². The van der Waals surface area contributed by atoms with Gasteiger partial charge in [-0.1, -0.05) is 31.4 Å². The van der Waals surface area contributed by atoms with Crippen LogP contribution >= 0.6 is 0 Å². The average Bonchev–Trinajstić information content (AvgIpc) is 2.63. The number of methoxy groups -OCH3 is 1. The van der Waals surface area contributed by atoms with Gasteiger partial charge in [-0.2, -0.15) is 0 Å². The molecule has 1 saturated carbocycles. The Kier molecular flexibility index (Phi) is 7.59. The molecule has 1 aliphatic carbocycles. The highest BCUT2D eigenvalue weighted by Gasteiger charge is 2.22. The van der Waals surface area contributed by atoms with Gasteiger partial charge in [-0.3, -0.25) is 10.1 Å². The van der Waals surface area contributed by atoms with Crippen molar-refractivity contribution in [2.75, 3.05) is 7.11 Å². The lowest BCUT2D eigenvalue weighted by atomic mass is 9.96. The molecular weight excluding hydrogens is 336 g/mol. The number of benzene rings is 1. The zero-order chi connectivity index (χ0) is 18.9. The van der Waals surface area contributed by atoms with Crippen LogP contribution in [0.4, 0.5) is 4.79 Å². The van der Waals surface area contributed by atoms with Crippen molar-refractivity contribution in [3.63, 3.8) is 0 Å². The van der Waals surface area contributed by atoms with E-state index in [9.17, 15) is 14.4 Å². The highest BCUT2D eigenvalue weighted by Crippen LogP contribution is 2.17. The molecule has 0 saturated heterocycles. The highest BCUT2D eigenvalue weighted by atomic mass is 16.5. The summed E-state index contributed by atoms with van der Waals surface area (Å²) >= 11 is 0. The molecule has 2 N–H and O–H groups in total. The summed E-state index contributed by atoms with van der Waals surface area (Å²) in [6, 6.07) is 6.27. The van der Waals surface area contributed by atoms with Gasteiger partial charge in [-0.25, -0.2) is 9.59 Å². The molecule has 0 spiro atoms. The van der Waals surface area contributed by atoms with Crippen LogP contribution in [0.1, 0.15) is 54.9 Å². The molecule has 3 amide bonds. The van der Waals surface area contributed by atoms with Crippen LogP contribution in [0.5, 0.6) is 0 Å². The number of esters is 1. The molecular formula is C19H26N2O5. The van der Waals surface area contributed by atoms with E-state index < -0.39 is 24.0 Å². The van der Waals surface area contributed by atoms with E-state index in [2.05, 4.69) is 10.6 Å². The second kappa shape index (κ2) is 9.91. The number of nitrogens with one attached hydrogen (secondary N) is 2. The second-order valence-corrected chi connectivity index (χ2v) is 6.48. The Morgan fingerprint density at radius 1 is 1.12 bits per heavy atom. The molecule has 1 fully saturated rings. The zero-order valence-corrected chi connectivity index (χ0v) is 15.2. The average molecular weight is 362 g/mol. The van der Waals surface area contributed by atoms with E-state index in [-0.39, 0.29) is 6.04 Å². The number of amides is 3. The molecule has 0 heterocycles. The Hall–Kier alpha value is -2.41. The van der Waals surface area contributed by atoms with Crippen molar-refractivity contribution in [2.24, 2.45) is 0 Å². The molecule has 2 rings (SSSR count). The summed E-state index contributed by atoms with van der Waals surface area (Å²) in [4.78, 5) is 36.0. The smallest absolute Gasteiger partial charge is 0.338 e. The van der Waals surface area contributed by atoms with Crippen LogP contribution in [-0.4, -0.2) is 37.2 Å². The summed E-state index contributed by atoms with van der Waals surface area (Å²) in [6.45, 7) is 1.88. The van der Waals surface area contributed by atoms with Crippen molar-refractivity contribution < 1.29 is 23.9 Å². The molecule has 0 unspecified atom stereocenters. The first-order valence-corrected chi connectivity index (χ1v) is 8.90. The van der Waals surface area contributed by atoms with Crippen LogP contribution in [0, 0.1) is 0 Å². The molecule has 0 aliphatic heterocycles. The van der Waals surface area contributed by atoms with Crippen molar-refractivity contribution in [2.45, 2.75) is 57.8 Å². The molecule has 7 nitrogen and oxygen atoms in total. The van der Waals surface area contributed by atoms with Crippen molar-refractivity contribution in [3.8, 4) is 0 Å². The van der Waals surface area contributed by atoms with Crippen LogP contribution in [0.3, 0.4) is 0 Å². The van der Waals surface area contributed by atoms with Gasteiger partial charge in [-0.15, -0.1) is 0 Å². The number of ether oxygens (including phenoxy) is 2. The predicted molar refractivity (Wildman–Crippen MR) is 95.6 cm³/mol. The van der Waals surface area contributed by atoms with Crippen molar-refractivity contribution in [3.05, 3.63) is 35.4 Å². The summed E-state index contributed by atoms with van der Waals surface area (Å²) in [5.74, 6) is -1.27. The molecule has 142 valence electrons. The van der Waals surface area contributed by atoms with Crippen LogP contribution in [0.15, 0.2) is 24.3 Å². The predicted octanol–water partition coefficient (Wildman–Crippen LogP) is 2.54. The maximum atomic E-state index is 12.1. The normalized spacial score (nSPS) is 15.8. The number of carbonyl (C=O) groups excluding carboxylic acids is 3. The first-order valence-electron chi connectivity index (χ1n) is 8.90. The van der Waals surface area contributed by atoms with Gasteiger partial charge >= 0.3 is 12.0 Å². The lowest BCUT2D eigenvalue weighted by Crippen LogP contribution is -2.48. The maximum absolute atomic E-state index is 12.1. The number of hydrogen-bond acceptors (Lipinski definition) is 5. The first kappa shape index (κ1) is 19.9. The number of imide groups is 1. The summed E-state index contributed by atoms with van der Waals surface area (Å²) in [6.07, 6.45) is 4.11. The molecule has 1 aromatic carbocycles. The second-order valence-electron chi connectivity index (χ2n) is 6.48. The van der Waals surface area contributed by atoms with E-state index >= 15 is 0 Å². The van der Waals surface area contributed by atoms with Crippen molar-refractivity contribution in [1.82, 2.24) is 10.6 Å². The van der Waals surface area contributed by atoms with Gasteiger partial charge < -0.3 is 14.8 Å². The fourth-order valence-electron chi connectivity index (χ4n) is 2.87. The number of hydrogen-bond donors (Lipinski definition) is 2. The van der Waals surface area contributed by atoms with E-state index in [1.807, 2.05) is 0 Å². The van der Waals surface area contributed by atoms with Crippen LogP contribution in [-0.2, 0) is 20.9 Å². The van der Waals surface area contributed by atoms with Gasteiger partial charge in [0, 0.05) is 13.2 Å². The van der Waals surface area contributed by atoms with Gasteiger partial charge in [0.2, 0.25) is 0 Å². The highest BCUT2D eigenvalue weighted by molar-refractivity contribution is 5.98. The Bertz CT molecular complexity index is 623. The minimum Gasteiger partial charge on any atom is -0.449 e. The van der Waals surface area contributed by atoms with Crippen LogP contribution in [0.25, 0.3) is 0 Å². The van der Waals surface area contributed by atoms with E-state index in [1.165, 1.54) is 13.3 Å². The molecule has 0 radical (unpaired) electrons. The van der Waals surface area contributed by atoms with Crippen LogP contribution < -0.4 is 10.6 Å². The van der Waals surface area contributed by atoms with Gasteiger partial charge in [0.05, 0.1) is 12.2 Å². The Morgan fingerprint density at radius 2 is 1.77 bits per heavy atom. The van der Waals surface area contributed by atoms with Crippen molar-refractivity contribution in [1.29, 1.82) is 0 Å². The van der Waals surface area contributed by atoms with Crippen molar-refractivity contribution >= 4 is 17.9 Å². The minimum absolute atomic E-state index is 0.0972. The fourth-order valence-corrected chi connectivity index (χ4v) is 2.87. The molecule has 1 aliphatic rings. The summed E-state index contributed by atoms with van der Waals surface area (Å²) < 4.78 is 10.1. The largest absolute Gasteiger partial charge is 0.449 e. The monoisotopic (exact) mass is 362 g/mol. The molecule has 26 heavy (non-hydrogen) atoms. The summed E-state index contributed by atoms with van der Waals surface area (Å²) in [5.41, 5.74) is 1.25. The quantitative estimate of drug-likeness (QED) is 0.759. The molecule has 7 heteroatoms. The zero-order valence-electron chi connectivity index (χ0n) is 15.2. The lowest BCUT2D eigenvalue weighted by molar-refractivity contribution is -0.127. The lowest BCUT2D eigenvalue weighted by Gasteiger charge is -2.23. The summed E-state index contributed by atoms with van der Waals surface area (Å²) in [5, 5.41) is 5.01. The number of rotatable bonds is 6. The SMILES string of the molecule is COCc1ccc(C(=O)O[C@@H](C)C(=O)NC(=O)NC2CCCCC2)cc1. The Labute approximate surface area is 153 Å². The third-order valence-corrected chi connectivity index (χ3v) is 4.33. The Balaban J connectivity index is 1.79. The molecule has 0 aromatic heterocycles. The summed E-state index contributed by atoms with van der Waals surface area (Å²) in [7, 11) is 1.59. The molecule has 1 atom stereocenters. The van der Waals surface area contributed by atoms with E-state index in [0.717, 1.165) is 31.2 Å². The van der Waals surface area contributed by atoms with Gasteiger partial charge in [0.1, 0.15) is 0 Å². The standard InChI is InChI=1S/C19H26N2O5/c1-13(17(22)21-19(24)20-16-6-4-3-5-7-16)26-18(23)15-10-8-14(9-11-15)12-25-2/h8-11,13,16H,3-7,12H2,1-2H3,(H2,20,21,22,24)/t13-/m0/s1. The van der Waals surface area contributed by atoms with Crippen LogP contribution in [0.2, 0.25) is 0 Å².